The number of aromatic nitrogens is 2. The van der Waals surface area contributed by atoms with Gasteiger partial charge in [-0.05, 0) is 30.0 Å². The molecule has 1 heterocycles. The first kappa shape index (κ1) is 14.9. The van der Waals surface area contributed by atoms with E-state index in [4.69, 9.17) is 10.7 Å². The number of benzene rings is 1. The Morgan fingerprint density at radius 1 is 1.10 bits per heavy atom. The number of hydrogen-bond acceptors (Lipinski definition) is 2. The summed E-state index contributed by atoms with van der Waals surface area (Å²) in [6, 6.07) is 6.03. The summed E-state index contributed by atoms with van der Waals surface area (Å²) in [5.41, 5.74) is 9.21. The van der Waals surface area contributed by atoms with Gasteiger partial charge in [-0.3, -0.25) is 0 Å². The lowest BCUT2D eigenvalue weighted by molar-refractivity contribution is 0.344. The van der Waals surface area contributed by atoms with Gasteiger partial charge in [-0.15, -0.1) is 0 Å². The van der Waals surface area contributed by atoms with Crippen molar-refractivity contribution in [3.63, 3.8) is 0 Å². The molecule has 0 saturated heterocycles. The highest BCUT2D eigenvalue weighted by Crippen LogP contribution is 2.29. The van der Waals surface area contributed by atoms with Gasteiger partial charge in [-0.2, -0.15) is 0 Å². The summed E-state index contributed by atoms with van der Waals surface area (Å²) < 4.78 is 2.36. The van der Waals surface area contributed by atoms with Crippen LogP contribution >= 0.6 is 0 Å². The summed E-state index contributed by atoms with van der Waals surface area (Å²) in [6.45, 7) is 14.5. The zero-order chi connectivity index (χ0) is 15.1. The molecule has 0 fully saturated rings. The summed E-state index contributed by atoms with van der Waals surface area (Å²) in [6.07, 6.45) is 1.13. The number of imidazole rings is 1. The van der Waals surface area contributed by atoms with Crippen LogP contribution in [0.25, 0.3) is 11.0 Å². The predicted octanol–water partition coefficient (Wildman–Crippen LogP) is 4.35. The number of nitrogens with zero attached hydrogens (tertiary/aromatic N) is 2. The second-order valence-corrected chi connectivity index (χ2v) is 7.90. The van der Waals surface area contributed by atoms with E-state index in [1.807, 2.05) is 12.1 Å². The van der Waals surface area contributed by atoms with E-state index in [1.165, 1.54) is 5.52 Å². The van der Waals surface area contributed by atoms with E-state index < -0.39 is 0 Å². The lowest BCUT2D eigenvalue weighted by atomic mass is 9.91. The van der Waals surface area contributed by atoms with Crippen LogP contribution in [0.2, 0.25) is 0 Å². The summed E-state index contributed by atoms with van der Waals surface area (Å²) in [4.78, 5) is 4.83. The minimum absolute atomic E-state index is 0.0334. The molecule has 0 amide bonds. The van der Waals surface area contributed by atoms with Crippen LogP contribution in [0.5, 0.6) is 0 Å². The van der Waals surface area contributed by atoms with E-state index in [1.54, 1.807) is 0 Å². The summed E-state index contributed by atoms with van der Waals surface area (Å²) in [5.74, 6) is 1.14. The molecule has 3 heteroatoms. The van der Waals surface area contributed by atoms with Gasteiger partial charge in [0.25, 0.3) is 0 Å². The van der Waals surface area contributed by atoms with Gasteiger partial charge in [0.2, 0.25) is 0 Å². The highest BCUT2D eigenvalue weighted by molar-refractivity contribution is 5.79. The Bertz CT molecular complexity index is 609. The maximum absolute atomic E-state index is 5.89. The number of nitrogen functional groups attached to an aromatic ring is 1. The number of rotatable bonds is 2. The monoisotopic (exact) mass is 273 g/mol. The molecule has 0 aliphatic heterocycles. The molecule has 0 saturated carbocycles. The summed E-state index contributed by atoms with van der Waals surface area (Å²) in [5, 5.41) is 0. The SMILES string of the molecule is CC(C)(C)CCn1c(C(C)(C)C)nc2cc(N)ccc21. The minimum atomic E-state index is 0.0334. The fourth-order valence-electron chi connectivity index (χ4n) is 2.39. The molecule has 1 aromatic carbocycles. The quantitative estimate of drug-likeness (QED) is 0.827. The maximum Gasteiger partial charge on any atom is 0.115 e. The fraction of sp³-hybridized carbons (Fsp3) is 0.588. The first-order valence-corrected chi connectivity index (χ1v) is 7.34. The van der Waals surface area contributed by atoms with Gasteiger partial charge in [0.15, 0.2) is 0 Å². The molecule has 0 aliphatic carbocycles. The van der Waals surface area contributed by atoms with Crippen molar-refractivity contribution < 1.29 is 0 Å². The molecule has 2 N–H and O–H groups in total. The van der Waals surface area contributed by atoms with E-state index in [-0.39, 0.29) is 5.41 Å². The Morgan fingerprint density at radius 3 is 2.30 bits per heavy atom. The van der Waals surface area contributed by atoms with Gasteiger partial charge in [0, 0.05) is 17.6 Å². The molecule has 110 valence electrons. The average Bonchev–Trinajstić information content (AvgIpc) is 2.62. The third-order valence-corrected chi connectivity index (χ3v) is 3.53. The smallest absolute Gasteiger partial charge is 0.115 e. The zero-order valence-corrected chi connectivity index (χ0v) is 13.6. The van der Waals surface area contributed by atoms with Crippen molar-refractivity contribution in [2.45, 2.75) is 59.9 Å². The highest BCUT2D eigenvalue weighted by Gasteiger charge is 2.23. The predicted molar refractivity (Wildman–Crippen MR) is 86.9 cm³/mol. The van der Waals surface area contributed by atoms with Crippen LogP contribution in [-0.4, -0.2) is 9.55 Å². The molecule has 0 radical (unpaired) electrons. The van der Waals surface area contributed by atoms with Crippen LogP contribution < -0.4 is 5.73 Å². The van der Waals surface area contributed by atoms with E-state index in [2.05, 4.69) is 52.2 Å². The van der Waals surface area contributed by atoms with Crippen molar-refractivity contribution >= 4 is 16.7 Å². The van der Waals surface area contributed by atoms with Crippen LogP contribution in [0.3, 0.4) is 0 Å². The Hall–Kier alpha value is -1.51. The average molecular weight is 273 g/mol. The van der Waals surface area contributed by atoms with Crippen molar-refractivity contribution in [3.8, 4) is 0 Å². The van der Waals surface area contributed by atoms with Crippen LogP contribution in [0.4, 0.5) is 5.69 Å². The van der Waals surface area contributed by atoms with Crippen molar-refractivity contribution in [1.29, 1.82) is 0 Å². The van der Waals surface area contributed by atoms with Gasteiger partial charge in [0.05, 0.1) is 11.0 Å². The van der Waals surface area contributed by atoms with Gasteiger partial charge in [-0.25, -0.2) is 4.98 Å². The van der Waals surface area contributed by atoms with E-state index in [0.29, 0.717) is 5.41 Å². The zero-order valence-electron chi connectivity index (χ0n) is 13.6. The summed E-state index contributed by atoms with van der Waals surface area (Å²) in [7, 11) is 0. The molecule has 20 heavy (non-hydrogen) atoms. The van der Waals surface area contributed by atoms with Crippen LogP contribution in [0.1, 0.15) is 53.8 Å². The number of anilines is 1. The molecule has 0 atom stereocenters. The van der Waals surface area contributed by atoms with Gasteiger partial charge >= 0.3 is 0 Å². The van der Waals surface area contributed by atoms with Crippen molar-refractivity contribution in [2.75, 3.05) is 5.73 Å². The van der Waals surface area contributed by atoms with E-state index in [0.717, 1.165) is 30.0 Å². The third kappa shape index (κ3) is 3.14. The normalized spacial score (nSPS) is 13.1. The number of fused-ring (bicyclic) bond motifs is 1. The lowest BCUT2D eigenvalue weighted by Gasteiger charge is -2.23. The molecule has 0 aliphatic rings. The number of nitrogens with two attached hydrogens (primary N) is 1. The molecular weight excluding hydrogens is 246 g/mol. The molecule has 0 bridgehead atoms. The fourth-order valence-corrected chi connectivity index (χ4v) is 2.39. The molecule has 2 rings (SSSR count). The molecule has 3 nitrogen and oxygen atoms in total. The molecule has 2 aromatic rings. The topological polar surface area (TPSA) is 43.8 Å². The molecular formula is C17H27N3. The largest absolute Gasteiger partial charge is 0.399 e. The second kappa shape index (κ2) is 4.80. The Labute approximate surface area is 122 Å². The van der Waals surface area contributed by atoms with E-state index >= 15 is 0 Å². The number of hydrogen-bond donors (Lipinski definition) is 1. The van der Waals surface area contributed by atoms with Crippen molar-refractivity contribution in [3.05, 3.63) is 24.0 Å². The molecule has 1 aromatic heterocycles. The van der Waals surface area contributed by atoms with Crippen molar-refractivity contribution in [1.82, 2.24) is 9.55 Å². The van der Waals surface area contributed by atoms with Gasteiger partial charge in [0.1, 0.15) is 5.82 Å². The first-order chi connectivity index (χ1) is 9.08. The Kier molecular flexibility index (Phi) is 3.57. The second-order valence-electron chi connectivity index (χ2n) is 7.90. The molecule has 0 spiro atoms. The third-order valence-electron chi connectivity index (χ3n) is 3.53. The van der Waals surface area contributed by atoms with Gasteiger partial charge in [-0.1, -0.05) is 41.5 Å². The lowest BCUT2D eigenvalue weighted by Crippen LogP contribution is -2.21. The van der Waals surface area contributed by atoms with Crippen LogP contribution in [0, 0.1) is 5.41 Å². The maximum atomic E-state index is 5.89. The summed E-state index contributed by atoms with van der Waals surface area (Å²) >= 11 is 0. The minimum Gasteiger partial charge on any atom is -0.399 e. The van der Waals surface area contributed by atoms with E-state index in [9.17, 15) is 0 Å². The van der Waals surface area contributed by atoms with Crippen molar-refractivity contribution in [2.24, 2.45) is 5.41 Å². The van der Waals surface area contributed by atoms with Gasteiger partial charge < -0.3 is 10.3 Å². The first-order valence-electron chi connectivity index (χ1n) is 7.34. The molecule has 0 unspecified atom stereocenters. The van der Waals surface area contributed by atoms with Crippen LogP contribution in [-0.2, 0) is 12.0 Å². The number of aryl methyl sites for hydroxylation is 1. The Balaban J connectivity index is 2.53. The highest BCUT2D eigenvalue weighted by atomic mass is 15.1. The Morgan fingerprint density at radius 2 is 1.75 bits per heavy atom. The standard InChI is InChI=1S/C17H27N3/c1-16(2,3)9-10-20-14-8-7-12(18)11-13(14)19-15(20)17(4,5)6/h7-8,11H,9-10,18H2,1-6H3. The van der Waals surface area contributed by atoms with Crippen LogP contribution in [0.15, 0.2) is 18.2 Å².